The van der Waals surface area contributed by atoms with Gasteiger partial charge in [0.1, 0.15) is 11.4 Å². The van der Waals surface area contributed by atoms with Gasteiger partial charge in [-0.15, -0.1) is 0 Å². The molecule has 0 aliphatic heterocycles. The third kappa shape index (κ3) is 2.60. The van der Waals surface area contributed by atoms with Gasteiger partial charge in [-0.2, -0.15) is 5.10 Å². The van der Waals surface area contributed by atoms with Crippen LogP contribution in [-0.2, 0) is 4.74 Å². The Morgan fingerprint density at radius 3 is 2.94 bits per heavy atom. The molecule has 1 atom stereocenters. The molecule has 0 radical (unpaired) electrons. The smallest absolute Gasteiger partial charge is 0.199 e. The molecule has 5 nitrogen and oxygen atoms in total. The molecule has 0 saturated carbocycles. The summed E-state index contributed by atoms with van der Waals surface area (Å²) < 4.78 is 5.78. The van der Waals surface area contributed by atoms with Crippen molar-refractivity contribution < 1.29 is 9.84 Å². The van der Waals surface area contributed by atoms with Gasteiger partial charge in [-0.25, -0.2) is 0 Å². The first-order valence-electron chi connectivity index (χ1n) is 5.61. The van der Waals surface area contributed by atoms with Crippen LogP contribution in [0, 0.1) is 6.92 Å². The predicted octanol–water partition coefficient (Wildman–Crippen LogP) is 2.57. The summed E-state index contributed by atoms with van der Waals surface area (Å²) in [5.41, 5.74) is 2.81. The number of halogens is 1. The number of aliphatic hydroxyl groups excluding tert-OH is 1. The van der Waals surface area contributed by atoms with E-state index in [1.54, 1.807) is 0 Å². The van der Waals surface area contributed by atoms with Gasteiger partial charge in [0.2, 0.25) is 0 Å². The number of aryl methyl sites for hydroxylation is 1. The second kappa shape index (κ2) is 5.60. The number of H-pyrrole nitrogens is 1. The van der Waals surface area contributed by atoms with Gasteiger partial charge in [-0.3, -0.25) is 10.1 Å². The quantitative estimate of drug-likeness (QED) is 0.851. The first-order chi connectivity index (χ1) is 8.63. The highest BCUT2D eigenvalue weighted by Crippen LogP contribution is 2.31. The molecule has 2 N–H and O–H groups in total. The predicted molar refractivity (Wildman–Crippen MR) is 70.8 cm³/mol. The van der Waals surface area contributed by atoms with Crippen LogP contribution in [0.25, 0.3) is 11.4 Å². The van der Waals surface area contributed by atoms with E-state index >= 15 is 0 Å². The van der Waals surface area contributed by atoms with Crippen LogP contribution in [0.4, 0.5) is 0 Å². The Balaban J connectivity index is 2.36. The second-order valence-corrected chi connectivity index (χ2v) is 4.56. The van der Waals surface area contributed by atoms with Crippen LogP contribution >= 0.6 is 15.9 Å². The second-order valence-electron chi connectivity index (χ2n) is 3.77. The summed E-state index contributed by atoms with van der Waals surface area (Å²) in [6.45, 7) is 4.15. The minimum absolute atomic E-state index is 0.421. The van der Waals surface area contributed by atoms with Crippen LogP contribution < -0.4 is 0 Å². The molecule has 2 aromatic rings. The fourth-order valence-electron chi connectivity index (χ4n) is 1.59. The van der Waals surface area contributed by atoms with Crippen LogP contribution in [0.5, 0.6) is 0 Å². The zero-order valence-electron chi connectivity index (χ0n) is 10.1. The number of aromatic nitrogens is 3. The Morgan fingerprint density at radius 2 is 2.28 bits per heavy atom. The van der Waals surface area contributed by atoms with E-state index in [0.717, 1.165) is 11.4 Å². The summed E-state index contributed by atoms with van der Waals surface area (Å²) in [7, 11) is 0. The topological polar surface area (TPSA) is 71.0 Å². The van der Waals surface area contributed by atoms with Gasteiger partial charge in [0, 0.05) is 12.3 Å². The molecular formula is C12H14BrN3O2. The molecule has 2 aromatic heterocycles. The van der Waals surface area contributed by atoms with Gasteiger partial charge in [0.05, 0.1) is 10.2 Å². The molecule has 2 rings (SSSR count). The zero-order valence-corrected chi connectivity index (χ0v) is 11.7. The van der Waals surface area contributed by atoms with Crippen molar-refractivity contribution in [2.24, 2.45) is 0 Å². The van der Waals surface area contributed by atoms with E-state index in [-0.39, 0.29) is 0 Å². The Labute approximate surface area is 113 Å². The maximum atomic E-state index is 9.77. The average Bonchev–Trinajstić information content (AvgIpc) is 2.71. The third-order valence-corrected chi connectivity index (χ3v) is 3.24. The maximum Gasteiger partial charge on any atom is 0.199 e. The van der Waals surface area contributed by atoms with E-state index in [9.17, 15) is 5.11 Å². The van der Waals surface area contributed by atoms with Crippen LogP contribution in [0.15, 0.2) is 22.7 Å². The molecule has 0 aromatic carbocycles. The van der Waals surface area contributed by atoms with E-state index in [4.69, 9.17) is 4.74 Å². The molecule has 1 unspecified atom stereocenters. The molecule has 18 heavy (non-hydrogen) atoms. The summed E-state index contributed by atoms with van der Waals surface area (Å²) in [6, 6.07) is 5.70. The van der Waals surface area contributed by atoms with Crippen molar-refractivity contribution in [2.75, 3.05) is 6.61 Å². The lowest BCUT2D eigenvalue weighted by atomic mass is 10.2. The molecule has 0 aliphatic carbocycles. The van der Waals surface area contributed by atoms with Crippen LogP contribution in [0.2, 0.25) is 0 Å². The van der Waals surface area contributed by atoms with Gasteiger partial charge >= 0.3 is 0 Å². The Morgan fingerprint density at radius 1 is 1.50 bits per heavy atom. The van der Waals surface area contributed by atoms with Gasteiger partial charge in [0.15, 0.2) is 6.29 Å². The first-order valence-corrected chi connectivity index (χ1v) is 6.40. The van der Waals surface area contributed by atoms with Crippen molar-refractivity contribution >= 4 is 15.9 Å². The minimum Gasteiger partial charge on any atom is -0.363 e. The molecule has 0 amide bonds. The van der Waals surface area contributed by atoms with Crippen LogP contribution in [0.3, 0.4) is 0 Å². The molecule has 0 saturated heterocycles. The van der Waals surface area contributed by atoms with E-state index in [0.29, 0.717) is 22.5 Å². The lowest BCUT2D eigenvalue weighted by molar-refractivity contribution is -0.101. The Hall–Kier alpha value is -1.24. The number of nitrogens with one attached hydrogen (secondary N) is 1. The lowest BCUT2D eigenvalue weighted by Gasteiger charge is -2.08. The summed E-state index contributed by atoms with van der Waals surface area (Å²) in [6.07, 6.45) is -1.02. The normalized spacial score (nSPS) is 12.7. The summed E-state index contributed by atoms with van der Waals surface area (Å²) in [5, 5.41) is 16.7. The van der Waals surface area contributed by atoms with Gasteiger partial charge < -0.3 is 9.84 Å². The third-order valence-electron chi connectivity index (χ3n) is 2.43. The minimum atomic E-state index is -1.02. The Bertz CT molecular complexity index is 542. The molecule has 96 valence electrons. The number of pyridine rings is 1. The SMILES string of the molecule is CCOC(O)c1[nH]nc(-c2cccc(C)n2)c1Br. The van der Waals surface area contributed by atoms with E-state index < -0.39 is 6.29 Å². The monoisotopic (exact) mass is 311 g/mol. The number of nitrogens with zero attached hydrogens (tertiary/aromatic N) is 2. The van der Waals surface area contributed by atoms with Crippen molar-refractivity contribution in [3.63, 3.8) is 0 Å². The average molecular weight is 312 g/mol. The Kier molecular flexibility index (Phi) is 4.11. The fraction of sp³-hybridized carbons (Fsp3) is 0.333. The molecule has 0 spiro atoms. The lowest BCUT2D eigenvalue weighted by Crippen LogP contribution is -2.03. The largest absolute Gasteiger partial charge is 0.363 e. The molecule has 0 bridgehead atoms. The van der Waals surface area contributed by atoms with Gasteiger partial charge in [0.25, 0.3) is 0 Å². The van der Waals surface area contributed by atoms with E-state index in [1.807, 2.05) is 32.0 Å². The van der Waals surface area contributed by atoms with Gasteiger partial charge in [-0.05, 0) is 41.9 Å². The summed E-state index contributed by atoms with van der Waals surface area (Å²) in [5.74, 6) is 0. The fourth-order valence-corrected chi connectivity index (χ4v) is 2.17. The van der Waals surface area contributed by atoms with Crippen molar-refractivity contribution in [3.05, 3.63) is 34.1 Å². The molecule has 2 heterocycles. The summed E-state index contributed by atoms with van der Waals surface area (Å²) >= 11 is 3.41. The highest BCUT2D eigenvalue weighted by Gasteiger charge is 2.19. The van der Waals surface area contributed by atoms with E-state index in [2.05, 4.69) is 31.1 Å². The first kappa shape index (κ1) is 13.2. The molecular weight excluding hydrogens is 298 g/mol. The van der Waals surface area contributed by atoms with Crippen molar-refractivity contribution in [2.45, 2.75) is 20.1 Å². The highest BCUT2D eigenvalue weighted by molar-refractivity contribution is 9.10. The maximum absolute atomic E-state index is 9.77. The van der Waals surface area contributed by atoms with E-state index in [1.165, 1.54) is 0 Å². The standard InChI is InChI=1S/C12H14BrN3O2/c1-3-18-12(17)11-9(13)10(15-16-11)8-6-4-5-7(2)14-8/h4-6,12,17H,3H2,1-2H3,(H,15,16). The zero-order chi connectivity index (χ0) is 13.1. The number of ether oxygens (including phenoxy) is 1. The van der Waals surface area contributed by atoms with Crippen molar-refractivity contribution in [1.82, 2.24) is 15.2 Å². The molecule has 6 heteroatoms. The number of hydrogen-bond donors (Lipinski definition) is 2. The number of aliphatic hydroxyl groups is 1. The number of hydrogen-bond acceptors (Lipinski definition) is 4. The van der Waals surface area contributed by atoms with Gasteiger partial charge in [-0.1, -0.05) is 6.07 Å². The highest BCUT2D eigenvalue weighted by atomic mass is 79.9. The summed E-state index contributed by atoms with van der Waals surface area (Å²) in [4.78, 5) is 4.39. The van der Waals surface area contributed by atoms with Crippen LogP contribution in [0.1, 0.15) is 24.6 Å². The van der Waals surface area contributed by atoms with Crippen LogP contribution in [-0.4, -0.2) is 26.9 Å². The molecule has 0 aliphatic rings. The molecule has 0 fully saturated rings. The number of rotatable bonds is 4. The number of aromatic amines is 1. The van der Waals surface area contributed by atoms with Crippen molar-refractivity contribution in [3.8, 4) is 11.4 Å². The van der Waals surface area contributed by atoms with Crippen molar-refractivity contribution in [1.29, 1.82) is 0 Å².